The van der Waals surface area contributed by atoms with Crippen molar-refractivity contribution in [3.05, 3.63) is 104 Å². The Morgan fingerprint density at radius 1 is 0.481 bits per heavy atom. The van der Waals surface area contributed by atoms with Gasteiger partial charge in [0.15, 0.2) is 0 Å². The second-order valence-corrected chi connectivity index (χ2v) is 10.5. The highest BCUT2D eigenvalue weighted by Crippen LogP contribution is 2.58. The van der Waals surface area contributed by atoms with E-state index in [0.717, 1.165) is 24.3 Å². The van der Waals surface area contributed by atoms with E-state index in [-0.39, 0.29) is 0 Å². The van der Waals surface area contributed by atoms with Gasteiger partial charge >= 0.3 is 12.7 Å². The van der Waals surface area contributed by atoms with E-state index in [0.29, 0.717) is 12.1 Å². The fourth-order valence-corrected chi connectivity index (χ4v) is 5.93. The maximum Gasteiger partial charge on any atom is 0.573 e. The Balaban J connectivity index is 2.02. The molecular formula is C36H6F8N8O2. The SMILES string of the molecule is N#CC(C#N)=C1C(c2ccc(C#N)cc2OC(F)(F)F)=C(C#N)c2c(F)c3c(c(F)c21)C(C#N)=C(c1ccc(C#N)cc1OC(F)(F)F)C3=C(C#N)C#N. The third-order valence-corrected chi connectivity index (χ3v) is 7.76. The summed E-state index contributed by atoms with van der Waals surface area (Å²) in [6, 6.07) is 16.1. The summed E-state index contributed by atoms with van der Waals surface area (Å²) in [7, 11) is 0. The molecule has 0 saturated heterocycles. The normalized spacial score (nSPS) is 12.8. The van der Waals surface area contributed by atoms with E-state index >= 15 is 8.78 Å². The lowest BCUT2D eigenvalue weighted by Gasteiger charge is -2.16. The zero-order valence-electron chi connectivity index (χ0n) is 25.9. The summed E-state index contributed by atoms with van der Waals surface area (Å²) in [6.07, 6.45) is -10.9. The Kier molecular flexibility index (Phi) is 9.12. The Hall–Kier alpha value is -8.42. The molecule has 0 unspecified atom stereocenters. The van der Waals surface area contributed by atoms with Crippen LogP contribution in [0, 0.1) is 102 Å². The first-order chi connectivity index (χ1) is 25.5. The van der Waals surface area contributed by atoms with Crippen LogP contribution in [0.5, 0.6) is 11.5 Å². The second-order valence-electron chi connectivity index (χ2n) is 10.5. The predicted octanol–water partition coefficient (Wildman–Crippen LogP) is 8.00. The molecule has 0 fully saturated rings. The van der Waals surface area contributed by atoms with Gasteiger partial charge in [0.2, 0.25) is 0 Å². The molecule has 2 aliphatic carbocycles. The van der Waals surface area contributed by atoms with Crippen LogP contribution in [-0.4, -0.2) is 12.7 Å². The molecule has 0 saturated carbocycles. The first-order valence-corrected chi connectivity index (χ1v) is 14.1. The maximum absolute atomic E-state index is 17.3. The van der Waals surface area contributed by atoms with Gasteiger partial charge in [0.05, 0.1) is 34.4 Å². The zero-order valence-corrected chi connectivity index (χ0v) is 25.9. The van der Waals surface area contributed by atoms with Gasteiger partial charge in [-0.05, 0) is 36.4 Å². The topological polar surface area (TPSA) is 209 Å². The molecule has 0 spiro atoms. The van der Waals surface area contributed by atoms with Gasteiger partial charge in [-0.15, -0.1) is 26.3 Å². The van der Waals surface area contributed by atoms with Crippen molar-refractivity contribution in [2.45, 2.75) is 12.7 Å². The van der Waals surface area contributed by atoms with Crippen molar-refractivity contribution < 1.29 is 44.6 Å². The number of ether oxygens (including phenoxy) is 2. The molecule has 0 N–H and O–H groups in total. The summed E-state index contributed by atoms with van der Waals surface area (Å²) in [5.74, 6) is -5.96. The van der Waals surface area contributed by atoms with Gasteiger partial charge in [-0.2, -0.15) is 42.1 Å². The van der Waals surface area contributed by atoms with E-state index < -0.39 is 125 Å². The van der Waals surface area contributed by atoms with Gasteiger partial charge in [-0.25, -0.2) is 8.78 Å². The van der Waals surface area contributed by atoms with Gasteiger partial charge in [0, 0.05) is 55.7 Å². The zero-order chi connectivity index (χ0) is 39.9. The molecular weight excluding hydrogens is 728 g/mol. The minimum Gasteiger partial charge on any atom is -0.405 e. The predicted molar refractivity (Wildman–Crippen MR) is 163 cm³/mol. The Morgan fingerprint density at radius 2 is 0.815 bits per heavy atom. The number of nitriles is 8. The summed E-state index contributed by atoms with van der Waals surface area (Å²) in [4.78, 5) is 0. The lowest BCUT2D eigenvalue weighted by atomic mass is 9.88. The highest BCUT2D eigenvalue weighted by atomic mass is 19.4. The third kappa shape index (κ3) is 5.91. The minimum absolute atomic E-state index is 0.432. The summed E-state index contributed by atoms with van der Waals surface area (Å²) >= 11 is 0. The highest BCUT2D eigenvalue weighted by molar-refractivity contribution is 6.30. The van der Waals surface area contributed by atoms with Crippen molar-refractivity contribution >= 4 is 33.4 Å². The van der Waals surface area contributed by atoms with E-state index in [2.05, 4.69) is 9.47 Å². The third-order valence-electron chi connectivity index (χ3n) is 7.76. The molecule has 2 aliphatic rings. The van der Waals surface area contributed by atoms with Crippen LogP contribution in [0.4, 0.5) is 35.1 Å². The van der Waals surface area contributed by atoms with Crippen molar-refractivity contribution in [1.82, 2.24) is 0 Å². The van der Waals surface area contributed by atoms with Crippen LogP contribution in [0.1, 0.15) is 44.5 Å². The van der Waals surface area contributed by atoms with Crippen molar-refractivity contribution in [2.75, 3.05) is 0 Å². The maximum atomic E-state index is 17.3. The average Bonchev–Trinajstić information content (AvgIpc) is 3.64. The van der Waals surface area contributed by atoms with Crippen LogP contribution in [0.3, 0.4) is 0 Å². The monoisotopic (exact) mass is 734 g/mol. The number of nitrogens with zero attached hydrogens (tertiary/aromatic N) is 8. The van der Waals surface area contributed by atoms with E-state index in [9.17, 15) is 68.4 Å². The molecule has 258 valence electrons. The smallest absolute Gasteiger partial charge is 0.405 e. The molecule has 5 rings (SSSR count). The van der Waals surface area contributed by atoms with Crippen molar-refractivity contribution in [2.24, 2.45) is 0 Å². The molecule has 0 bridgehead atoms. The van der Waals surface area contributed by atoms with Gasteiger partial charge in [-0.3, -0.25) is 0 Å². The Labute approximate surface area is 296 Å². The molecule has 0 aromatic heterocycles. The van der Waals surface area contributed by atoms with Crippen molar-refractivity contribution in [1.29, 1.82) is 42.1 Å². The van der Waals surface area contributed by atoms with Crippen LogP contribution in [0.25, 0.3) is 33.4 Å². The summed E-state index contributed by atoms with van der Waals surface area (Å²) in [5.41, 5.74) is -15.1. The van der Waals surface area contributed by atoms with E-state index in [1.165, 1.54) is 36.4 Å². The molecule has 0 radical (unpaired) electrons. The number of halogens is 8. The van der Waals surface area contributed by atoms with Gasteiger partial charge in [-0.1, -0.05) is 0 Å². The molecule has 54 heavy (non-hydrogen) atoms. The summed E-state index contributed by atoms with van der Waals surface area (Å²) in [6.45, 7) is 0. The lowest BCUT2D eigenvalue weighted by Crippen LogP contribution is -2.18. The fraction of sp³-hybridized carbons (Fsp3) is 0.0556. The van der Waals surface area contributed by atoms with Crippen LogP contribution in [0.2, 0.25) is 0 Å². The number of rotatable bonds is 4. The molecule has 0 heterocycles. The van der Waals surface area contributed by atoms with Crippen molar-refractivity contribution in [3.63, 3.8) is 0 Å². The minimum atomic E-state index is -5.47. The van der Waals surface area contributed by atoms with Gasteiger partial charge < -0.3 is 9.47 Å². The number of hydrogen-bond acceptors (Lipinski definition) is 10. The Bertz CT molecular complexity index is 2530. The van der Waals surface area contributed by atoms with Crippen LogP contribution < -0.4 is 9.47 Å². The number of fused-ring (bicyclic) bond motifs is 2. The average molecular weight is 734 g/mol. The summed E-state index contributed by atoms with van der Waals surface area (Å²) < 4.78 is 124. The molecule has 18 heteroatoms. The first kappa shape index (κ1) is 36.9. The number of benzene rings is 3. The van der Waals surface area contributed by atoms with Gasteiger partial charge in [0.25, 0.3) is 0 Å². The number of allylic oxidation sites excluding steroid dienone is 8. The largest absolute Gasteiger partial charge is 0.573 e. The second kappa shape index (κ2) is 13.4. The van der Waals surface area contributed by atoms with Crippen LogP contribution in [0.15, 0.2) is 47.5 Å². The van der Waals surface area contributed by atoms with E-state index in [1.807, 2.05) is 0 Å². The molecule has 0 aliphatic heterocycles. The number of hydrogen-bond donors (Lipinski definition) is 0. The summed E-state index contributed by atoms with van der Waals surface area (Å²) in [5, 5.41) is 78.8. The molecule has 3 aromatic rings. The van der Waals surface area contributed by atoms with E-state index in [1.54, 1.807) is 12.1 Å². The quantitative estimate of drug-likeness (QED) is 0.186. The van der Waals surface area contributed by atoms with Gasteiger partial charge in [0.1, 0.15) is 70.7 Å². The fourth-order valence-electron chi connectivity index (χ4n) is 5.93. The number of alkyl halides is 6. The first-order valence-electron chi connectivity index (χ1n) is 14.1. The molecule has 0 amide bonds. The van der Waals surface area contributed by atoms with Crippen LogP contribution >= 0.6 is 0 Å². The molecule has 0 atom stereocenters. The van der Waals surface area contributed by atoms with Crippen molar-refractivity contribution in [3.8, 4) is 60.1 Å². The molecule has 3 aromatic carbocycles. The standard InChI is InChI=1S/C36H6F8N8O2/c37-33-29-21(13-51)27(19-3-1-15(7-45)5-23(19)53-35(39,40)41)25(17(9-47)10-48)31(29)34(38)30-22(14-52)28(26(32(30)33)18(11-49)12-50)20-4-2-16(8-46)6-24(20)54-36(42,43)44/h1-6H. The van der Waals surface area contributed by atoms with Crippen LogP contribution in [-0.2, 0) is 0 Å². The van der Waals surface area contributed by atoms with E-state index in [4.69, 9.17) is 0 Å². The Morgan fingerprint density at radius 3 is 1.07 bits per heavy atom. The molecule has 10 nitrogen and oxygen atoms in total. The lowest BCUT2D eigenvalue weighted by molar-refractivity contribution is -0.275. The highest BCUT2D eigenvalue weighted by Gasteiger charge is 2.46.